The normalized spacial score (nSPS) is 10.4. The SMILES string of the molecule is CC(C)N(C)C(=O)CCOc1ccc(N)cc1. The molecule has 2 N–H and O–H groups in total. The van der Waals surface area contributed by atoms with Gasteiger partial charge in [0.1, 0.15) is 5.75 Å². The lowest BCUT2D eigenvalue weighted by Gasteiger charge is -2.21. The number of amides is 1. The Morgan fingerprint density at radius 2 is 1.94 bits per heavy atom. The summed E-state index contributed by atoms with van der Waals surface area (Å²) in [5.41, 5.74) is 6.26. The Balaban J connectivity index is 2.33. The van der Waals surface area contributed by atoms with Crippen molar-refractivity contribution >= 4 is 11.6 Å². The molecule has 4 nitrogen and oxygen atoms in total. The minimum absolute atomic E-state index is 0.0930. The van der Waals surface area contributed by atoms with Gasteiger partial charge >= 0.3 is 0 Å². The molecule has 0 aliphatic carbocycles. The van der Waals surface area contributed by atoms with E-state index in [2.05, 4.69) is 0 Å². The predicted molar refractivity (Wildman–Crippen MR) is 68.9 cm³/mol. The Labute approximate surface area is 102 Å². The van der Waals surface area contributed by atoms with E-state index >= 15 is 0 Å². The first-order chi connectivity index (χ1) is 8.00. The largest absolute Gasteiger partial charge is 0.493 e. The van der Waals surface area contributed by atoms with Crippen molar-refractivity contribution in [1.29, 1.82) is 0 Å². The van der Waals surface area contributed by atoms with Crippen LogP contribution in [0, 0.1) is 0 Å². The van der Waals surface area contributed by atoms with Crippen molar-refractivity contribution in [2.24, 2.45) is 0 Å². The summed E-state index contributed by atoms with van der Waals surface area (Å²) in [7, 11) is 1.80. The van der Waals surface area contributed by atoms with Gasteiger partial charge in [-0.15, -0.1) is 0 Å². The number of anilines is 1. The van der Waals surface area contributed by atoms with Crippen molar-refractivity contribution in [1.82, 2.24) is 4.90 Å². The molecule has 0 unspecified atom stereocenters. The second kappa shape index (κ2) is 6.13. The van der Waals surface area contributed by atoms with Crippen LogP contribution in [0.25, 0.3) is 0 Å². The number of nitrogens with two attached hydrogens (primary N) is 1. The lowest BCUT2D eigenvalue weighted by molar-refractivity contribution is -0.131. The molecule has 1 aromatic carbocycles. The first kappa shape index (κ1) is 13.4. The highest BCUT2D eigenvalue weighted by Crippen LogP contribution is 2.13. The summed E-state index contributed by atoms with van der Waals surface area (Å²) < 4.78 is 5.46. The van der Waals surface area contributed by atoms with E-state index in [1.54, 1.807) is 36.2 Å². The molecular formula is C13H20N2O2. The molecule has 94 valence electrons. The van der Waals surface area contributed by atoms with Gasteiger partial charge in [0.25, 0.3) is 0 Å². The summed E-state index contributed by atoms with van der Waals surface area (Å²) in [6.45, 7) is 4.36. The number of rotatable bonds is 5. The molecule has 0 aromatic heterocycles. The number of hydrogen-bond acceptors (Lipinski definition) is 3. The van der Waals surface area contributed by atoms with E-state index in [0.717, 1.165) is 5.75 Å². The number of ether oxygens (including phenoxy) is 1. The fraction of sp³-hybridized carbons (Fsp3) is 0.462. The average molecular weight is 236 g/mol. The highest BCUT2D eigenvalue weighted by molar-refractivity contribution is 5.76. The number of nitrogens with zero attached hydrogens (tertiary/aromatic N) is 1. The first-order valence-electron chi connectivity index (χ1n) is 5.74. The fourth-order valence-corrected chi connectivity index (χ4v) is 1.28. The number of carbonyl (C=O) groups is 1. The smallest absolute Gasteiger partial charge is 0.225 e. The summed E-state index contributed by atoms with van der Waals surface area (Å²) in [4.78, 5) is 13.4. The Kier molecular flexibility index (Phi) is 4.82. The Bertz CT molecular complexity index is 360. The van der Waals surface area contributed by atoms with Crippen LogP contribution in [0.15, 0.2) is 24.3 Å². The molecule has 0 saturated carbocycles. The van der Waals surface area contributed by atoms with Gasteiger partial charge in [-0.1, -0.05) is 0 Å². The maximum Gasteiger partial charge on any atom is 0.225 e. The van der Waals surface area contributed by atoms with Crippen molar-refractivity contribution in [2.45, 2.75) is 26.3 Å². The minimum atomic E-state index is 0.0930. The van der Waals surface area contributed by atoms with E-state index in [-0.39, 0.29) is 11.9 Å². The van der Waals surface area contributed by atoms with Crippen LogP contribution in [-0.2, 0) is 4.79 Å². The molecule has 0 atom stereocenters. The lowest BCUT2D eigenvalue weighted by Crippen LogP contribution is -2.33. The summed E-state index contributed by atoms with van der Waals surface area (Å²) in [6, 6.07) is 7.37. The van der Waals surface area contributed by atoms with E-state index in [1.807, 2.05) is 13.8 Å². The topological polar surface area (TPSA) is 55.6 Å². The number of hydrogen-bond donors (Lipinski definition) is 1. The average Bonchev–Trinajstić information content (AvgIpc) is 2.30. The first-order valence-corrected chi connectivity index (χ1v) is 5.74. The van der Waals surface area contributed by atoms with Crippen LogP contribution in [0.5, 0.6) is 5.75 Å². The highest BCUT2D eigenvalue weighted by Gasteiger charge is 2.11. The van der Waals surface area contributed by atoms with Crippen LogP contribution in [0.2, 0.25) is 0 Å². The second-order valence-electron chi connectivity index (χ2n) is 4.27. The van der Waals surface area contributed by atoms with Gasteiger partial charge in [-0.05, 0) is 38.1 Å². The van der Waals surface area contributed by atoms with Gasteiger partial charge in [0.05, 0.1) is 13.0 Å². The molecule has 1 rings (SSSR count). The van der Waals surface area contributed by atoms with E-state index in [4.69, 9.17) is 10.5 Å². The van der Waals surface area contributed by atoms with Gasteiger partial charge in [0, 0.05) is 18.8 Å². The fourth-order valence-electron chi connectivity index (χ4n) is 1.28. The summed E-state index contributed by atoms with van der Waals surface area (Å²) in [5, 5.41) is 0. The zero-order valence-corrected chi connectivity index (χ0v) is 10.6. The van der Waals surface area contributed by atoms with Gasteiger partial charge < -0.3 is 15.4 Å². The third-order valence-electron chi connectivity index (χ3n) is 2.63. The maximum atomic E-state index is 11.7. The van der Waals surface area contributed by atoms with Gasteiger partial charge in [-0.3, -0.25) is 4.79 Å². The maximum absolute atomic E-state index is 11.7. The third-order valence-corrected chi connectivity index (χ3v) is 2.63. The van der Waals surface area contributed by atoms with Crippen LogP contribution < -0.4 is 10.5 Å². The molecule has 0 radical (unpaired) electrons. The summed E-state index contributed by atoms with van der Waals surface area (Å²) in [6.07, 6.45) is 0.388. The molecule has 0 heterocycles. The monoisotopic (exact) mass is 236 g/mol. The van der Waals surface area contributed by atoms with Crippen molar-refractivity contribution in [2.75, 3.05) is 19.4 Å². The standard InChI is InChI=1S/C13H20N2O2/c1-10(2)15(3)13(16)8-9-17-12-6-4-11(14)5-7-12/h4-7,10H,8-9,14H2,1-3H3. The van der Waals surface area contributed by atoms with Crippen LogP contribution in [0.3, 0.4) is 0 Å². The van der Waals surface area contributed by atoms with Crippen molar-refractivity contribution < 1.29 is 9.53 Å². The molecule has 0 bridgehead atoms. The van der Waals surface area contributed by atoms with E-state index < -0.39 is 0 Å². The summed E-state index contributed by atoms with van der Waals surface area (Å²) in [5.74, 6) is 0.828. The summed E-state index contributed by atoms with van der Waals surface area (Å²) >= 11 is 0. The van der Waals surface area contributed by atoms with Crippen LogP contribution in [0.1, 0.15) is 20.3 Å². The molecule has 4 heteroatoms. The van der Waals surface area contributed by atoms with Crippen LogP contribution >= 0.6 is 0 Å². The van der Waals surface area contributed by atoms with Crippen LogP contribution in [-0.4, -0.2) is 30.5 Å². The van der Waals surface area contributed by atoms with E-state index in [9.17, 15) is 4.79 Å². The molecular weight excluding hydrogens is 216 g/mol. The quantitative estimate of drug-likeness (QED) is 0.794. The van der Waals surface area contributed by atoms with Crippen molar-refractivity contribution in [3.05, 3.63) is 24.3 Å². The molecule has 17 heavy (non-hydrogen) atoms. The zero-order valence-electron chi connectivity index (χ0n) is 10.6. The van der Waals surface area contributed by atoms with Crippen LogP contribution in [0.4, 0.5) is 5.69 Å². The number of carbonyl (C=O) groups excluding carboxylic acids is 1. The van der Waals surface area contributed by atoms with E-state index in [0.29, 0.717) is 18.7 Å². The second-order valence-corrected chi connectivity index (χ2v) is 4.27. The minimum Gasteiger partial charge on any atom is -0.493 e. The predicted octanol–water partition coefficient (Wildman–Crippen LogP) is 1.90. The Morgan fingerprint density at radius 3 is 2.47 bits per heavy atom. The molecule has 0 aliphatic rings. The Morgan fingerprint density at radius 1 is 1.35 bits per heavy atom. The van der Waals surface area contributed by atoms with Crippen molar-refractivity contribution in [3.8, 4) is 5.75 Å². The number of benzene rings is 1. The van der Waals surface area contributed by atoms with E-state index in [1.165, 1.54) is 0 Å². The number of nitrogen functional groups attached to an aromatic ring is 1. The van der Waals surface area contributed by atoms with Gasteiger partial charge in [-0.25, -0.2) is 0 Å². The van der Waals surface area contributed by atoms with Gasteiger partial charge in [0.2, 0.25) is 5.91 Å². The molecule has 0 aliphatic heterocycles. The van der Waals surface area contributed by atoms with Gasteiger partial charge in [0.15, 0.2) is 0 Å². The Hall–Kier alpha value is -1.71. The molecule has 1 amide bonds. The molecule has 0 saturated heterocycles. The van der Waals surface area contributed by atoms with Gasteiger partial charge in [-0.2, -0.15) is 0 Å². The lowest BCUT2D eigenvalue weighted by atomic mass is 10.3. The third kappa shape index (κ3) is 4.34. The highest BCUT2D eigenvalue weighted by atomic mass is 16.5. The zero-order chi connectivity index (χ0) is 12.8. The van der Waals surface area contributed by atoms with Crippen molar-refractivity contribution in [3.63, 3.8) is 0 Å². The molecule has 1 aromatic rings. The molecule has 0 spiro atoms. The molecule has 0 fully saturated rings.